The molecule has 0 aliphatic heterocycles. The largest absolute Gasteiger partial charge is 0.495 e. The Kier molecular flexibility index (Phi) is 5.48. The quantitative estimate of drug-likeness (QED) is 0.782. The van der Waals surface area contributed by atoms with Crippen molar-refractivity contribution in [2.45, 2.75) is 50.9 Å². The predicted octanol–water partition coefficient (Wildman–Crippen LogP) is 3.81. The molecule has 3 N–H and O–H groups in total. The second kappa shape index (κ2) is 7.34. The van der Waals surface area contributed by atoms with E-state index in [9.17, 15) is 9.90 Å². The Morgan fingerprint density at radius 1 is 1.38 bits per heavy atom. The van der Waals surface area contributed by atoms with Crippen LogP contribution in [0.15, 0.2) is 18.2 Å². The highest BCUT2D eigenvalue weighted by molar-refractivity contribution is 5.79. The van der Waals surface area contributed by atoms with Crippen molar-refractivity contribution in [3.63, 3.8) is 0 Å². The van der Waals surface area contributed by atoms with Gasteiger partial charge in [0.05, 0.1) is 18.7 Å². The molecule has 21 heavy (non-hydrogen) atoms. The molecule has 1 aliphatic carbocycles. The number of hydrogen-bond acceptors (Lipinski definition) is 3. The van der Waals surface area contributed by atoms with Crippen LogP contribution >= 0.6 is 0 Å². The molecule has 0 heterocycles. The van der Waals surface area contributed by atoms with Crippen molar-refractivity contribution in [2.75, 3.05) is 12.8 Å². The predicted molar refractivity (Wildman–Crippen MR) is 83.6 cm³/mol. The molecule has 1 aromatic carbocycles. The normalized spacial score (nSPS) is 17.4. The Morgan fingerprint density at radius 2 is 2.10 bits per heavy atom. The van der Waals surface area contributed by atoms with Crippen molar-refractivity contribution >= 4 is 11.7 Å². The van der Waals surface area contributed by atoms with Gasteiger partial charge in [0.15, 0.2) is 0 Å². The van der Waals surface area contributed by atoms with Crippen LogP contribution in [0.3, 0.4) is 0 Å². The summed E-state index contributed by atoms with van der Waals surface area (Å²) in [6.45, 7) is 0. The maximum Gasteiger partial charge on any atom is 0.311 e. The fourth-order valence-electron chi connectivity index (χ4n) is 3.33. The van der Waals surface area contributed by atoms with Crippen molar-refractivity contribution in [1.82, 2.24) is 0 Å². The number of nitrogens with two attached hydrogens (primary N) is 1. The van der Waals surface area contributed by atoms with E-state index in [2.05, 4.69) is 0 Å². The molecule has 116 valence electrons. The zero-order valence-corrected chi connectivity index (χ0v) is 12.7. The van der Waals surface area contributed by atoms with Gasteiger partial charge in [-0.3, -0.25) is 4.79 Å². The molecule has 4 heteroatoms. The minimum absolute atomic E-state index is 0.455. The van der Waals surface area contributed by atoms with Gasteiger partial charge in [-0.25, -0.2) is 0 Å². The fourth-order valence-corrected chi connectivity index (χ4v) is 3.33. The summed E-state index contributed by atoms with van der Waals surface area (Å²) in [4.78, 5) is 11.6. The summed E-state index contributed by atoms with van der Waals surface area (Å²) in [6.07, 6.45) is 7.97. The zero-order chi connectivity index (χ0) is 15.2. The SMILES string of the molecule is COc1cccc(C(CCC2CCCCC2)C(=O)O)c1N. The molecular formula is C17H25NO3. The van der Waals surface area contributed by atoms with Crippen LogP contribution in [-0.4, -0.2) is 18.2 Å². The molecule has 0 bridgehead atoms. The smallest absolute Gasteiger partial charge is 0.311 e. The Balaban J connectivity index is 2.09. The highest BCUT2D eigenvalue weighted by Crippen LogP contribution is 2.36. The number of hydrogen-bond donors (Lipinski definition) is 2. The third kappa shape index (κ3) is 3.90. The lowest BCUT2D eigenvalue weighted by Gasteiger charge is -2.23. The molecule has 0 aromatic heterocycles. The van der Waals surface area contributed by atoms with Crippen molar-refractivity contribution < 1.29 is 14.6 Å². The lowest BCUT2D eigenvalue weighted by atomic mass is 9.82. The number of para-hydroxylation sites is 1. The standard InChI is InChI=1S/C17H25NO3/c1-21-15-9-5-8-13(16(15)18)14(17(19)20)11-10-12-6-3-2-4-7-12/h5,8-9,12,14H,2-4,6-7,10-11,18H2,1H3,(H,19,20). The first-order valence-corrected chi connectivity index (χ1v) is 7.78. The number of carboxylic acids is 1. The van der Waals surface area contributed by atoms with Gasteiger partial charge in [0.1, 0.15) is 5.75 Å². The summed E-state index contributed by atoms with van der Waals surface area (Å²) in [7, 11) is 1.55. The first-order chi connectivity index (χ1) is 10.1. The van der Waals surface area contributed by atoms with Crippen LogP contribution in [0.1, 0.15) is 56.4 Å². The molecule has 0 radical (unpaired) electrons. The van der Waals surface area contributed by atoms with Gasteiger partial charge < -0.3 is 15.6 Å². The van der Waals surface area contributed by atoms with Gasteiger partial charge in [0.2, 0.25) is 0 Å². The molecule has 1 fully saturated rings. The summed E-state index contributed by atoms with van der Waals surface area (Å²) in [5, 5.41) is 9.55. The van der Waals surface area contributed by atoms with E-state index in [4.69, 9.17) is 10.5 Å². The number of aliphatic carboxylic acids is 1. The number of methoxy groups -OCH3 is 1. The summed E-state index contributed by atoms with van der Waals surface area (Å²) in [6, 6.07) is 5.37. The molecule has 1 unspecified atom stereocenters. The Hall–Kier alpha value is -1.71. The third-order valence-corrected chi connectivity index (χ3v) is 4.58. The molecule has 1 aromatic rings. The van der Waals surface area contributed by atoms with E-state index in [1.165, 1.54) is 32.1 Å². The minimum atomic E-state index is -0.800. The van der Waals surface area contributed by atoms with E-state index in [1.54, 1.807) is 25.3 Å². The van der Waals surface area contributed by atoms with Crippen LogP contribution in [0.25, 0.3) is 0 Å². The van der Waals surface area contributed by atoms with E-state index < -0.39 is 11.9 Å². The molecule has 1 saturated carbocycles. The molecule has 0 spiro atoms. The van der Waals surface area contributed by atoms with Gasteiger partial charge in [0, 0.05) is 0 Å². The maximum atomic E-state index is 11.6. The Morgan fingerprint density at radius 3 is 2.71 bits per heavy atom. The fraction of sp³-hybridized carbons (Fsp3) is 0.588. The summed E-state index contributed by atoms with van der Waals surface area (Å²) >= 11 is 0. The van der Waals surface area contributed by atoms with E-state index in [-0.39, 0.29) is 0 Å². The molecular weight excluding hydrogens is 266 g/mol. The zero-order valence-electron chi connectivity index (χ0n) is 12.7. The minimum Gasteiger partial charge on any atom is -0.495 e. The van der Waals surface area contributed by atoms with Crippen LogP contribution in [0.5, 0.6) is 5.75 Å². The lowest BCUT2D eigenvalue weighted by molar-refractivity contribution is -0.139. The Bertz CT molecular complexity index is 481. The van der Waals surface area contributed by atoms with Crippen LogP contribution in [-0.2, 0) is 4.79 Å². The third-order valence-electron chi connectivity index (χ3n) is 4.58. The summed E-state index contributed by atoms with van der Waals surface area (Å²) < 4.78 is 5.19. The second-order valence-corrected chi connectivity index (χ2v) is 5.94. The highest BCUT2D eigenvalue weighted by Gasteiger charge is 2.25. The number of carbonyl (C=O) groups is 1. The van der Waals surface area contributed by atoms with Crippen molar-refractivity contribution in [1.29, 1.82) is 0 Å². The van der Waals surface area contributed by atoms with Crippen molar-refractivity contribution in [3.8, 4) is 5.75 Å². The van der Waals surface area contributed by atoms with Gasteiger partial charge in [-0.1, -0.05) is 44.2 Å². The number of benzene rings is 1. The topological polar surface area (TPSA) is 72.5 Å². The van der Waals surface area contributed by atoms with Crippen molar-refractivity contribution in [2.24, 2.45) is 5.92 Å². The van der Waals surface area contributed by atoms with Crippen LogP contribution in [0.2, 0.25) is 0 Å². The highest BCUT2D eigenvalue weighted by atomic mass is 16.5. The van der Waals surface area contributed by atoms with Crippen LogP contribution in [0, 0.1) is 5.92 Å². The molecule has 0 amide bonds. The lowest BCUT2D eigenvalue weighted by Crippen LogP contribution is -2.16. The molecule has 1 aliphatic rings. The molecule has 4 nitrogen and oxygen atoms in total. The first-order valence-electron chi connectivity index (χ1n) is 7.78. The Labute approximate surface area is 126 Å². The number of rotatable bonds is 6. The summed E-state index contributed by atoms with van der Waals surface area (Å²) in [5.74, 6) is -0.114. The van der Waals surface area contributed by atoms with Gasteiger partial charge in [-0.2, -0.15) is 0 Å². The van der Waals surface area contributed by atoms with Gasteiger partial charge in [-0.15, -0.1) is 0 Å². The number of carboxylic acid groups (broad SMARTS) is 1. The second-order valence-electron chi connectivity index (χ2n) is 5.94. The van der Waals surface area contributed by atoms with Gasteiger partial charge in [0.25, 0.3) is 0 Å². The average molecular weight is 291 g/mol. The number of anilines is 1. The monoisotopic (exact) mass is 291 g/mol. The maximum absolute atomic E-state index is 11.6. The van der Waals surface area contributed by atoms with Crippen LogP contribution in [0.4, 0.5) is 5.69 Å². The van der Waals surface area contributed by atoms with E-state index in [1.807, 2.05) is 0 Å². The van der Waals surface area contributed by atoms with E-state index in [0.29, 0.717) is 29.3 Å². The van der Waals surface area contributed by atoms with Gasteiger partial charge in [-0.05, 0) is 30.4 Å². The molecule has 2 rings (SSSR count). The first kappa shape index (κ1) is 15.7. The number of ether oxygens (including phenoxy) is 1. The molecule has 0 saturated heterocycles. The van der Waals surface area contributed by atoms with Gasteiger partial charge >= 0.3 is 5.97 Å². The number of nitrogen functional groups attached to an aromatic ring is 1. The van der Waals surface area contributed by atoms with E-state index in [0.717, 1.165) is 6.42 Å². The summed E-state index contributed by atoms with van der Waals surface area (Å²) in [5.41, 5.74) is 7.19. The van der Waals surface area contributed by atoms with E-state index >= 15 is 0 Å². The molecule has 1 atom stereocenters. The van der Waals surface area contributed by atoms with Crippen LogP contribution < -0.4 is 10.5 Å². The average Bonchev–Trinajstić information content (AvgIpc) is 2.49. The van der Waals surface area contributed by atoms with Crippen molar-refractivity contribution in [3.05, 3.63) is 23.8 Å².